The molecule has 0 atom stereocenters. The Labute approximate surface area is 112 Å². The van der Waals surface area contributed by atoms with Gasteiger partial charge in [0, 0.05) is 27.5 Å². The van der Waals surface area contributed by atoms with Crippen LogP contribution in [0.5, 0.6) is 0 Å². The largest absolute Gasteiger partial charge is 3.00 e. The average Bonchev–Trinajstić information content (AvgIpc) is 0.722. The second-order valence-electron chi connectivity index (χ2n) is 0.408. The Morgan fingerprint density at radius 1 is 1.11 bits per heavy atom. The van der Waals surface area contributed by atoms with Crippen molar-refractivity contribution in [3.05, 3.63) is 0 Å². The van der Waals surface area contributed by atoms with Crippen LogP contribution in [-0.4, -0.2) is 34.9 Å². The van der Waals surface area contributed by atoms with E-state index in [0.29, 0.717) is 0 Å². The van der Waals surface area contributed by atoms with Crippen molar-refractivity contribution in [3.63, 3.8) is 0 Å². The third-order valence-electron chi connectivity index (χ3n) is 0. The zero-order valence-electron chi connectivity index (χ0n) is 4.47. The number of rotatable bonds is 0. The summed E-state index contributed by atoms with van der Waals surface area (Å²) in [6.07, 6.45) is 0. The van der Waals surface area contributed by atoms with Gasteiger partial charge in [0.2, 0.25) is 0 Å². The maximum Gasteiger partial charge on any atom is 3.00 e. The maximum atomic E-state index is 8.52. The van der Waals surface area contributed by atoms with Gasteiger partial charge in [-0.2, -0.15) is 0 Å². The van der Waals surface area contributed by atoms with Crippen molar-refractivity contribution in [1.82, 2.24) is 0 Å². The summed E-state index contributed by atoms with van der Waals surface area (Å²) in [7, 11) is -5.17. The Hall–Kier alpha value is 2.64. The molecule has 0 aliphatic heterocycles. The van der Waals surface area contributed by atoms with Crippen LogP contribution in [0.4, 0.5) is 0 Å². The first-order valence-corrected chi connectivity index (χ1v) is 2.00. The summed E-state index contributed by atoms with van der Waals surface area (Å²) in [6, 6.07) is 0. The molecule has 0 amide bonds. The van der Waals surface area contributed by atoms with Crippen LogP contribution in [0.3, 0.4) is 0 Å². The minimum atomic E-state index is -5.17. The molecule has 0 saturated heterocycles. The summed E-state index contributed by atoms with van der Waals surface area (Å²) in [5.41, 5.74) is 0. The van der Waals surface area contributed by atoms with E-state index in [1.165, 1.54) is 0 Å². The summed E-state index contributed by atoms with van der Waals surface area (Å²) in [6.45, 7) is 0. The minimum Gasteiger partial charge on any atom is -0.759 e. The zero-order chi connectivity index (χ0) is 4.50. The molecule has 0 bridgehead atoms. The Morgan fingerprint density at radius 3 is 1.11 bits per heavy atom. The predicted molar refractivity (Wildman–Crippen MR) is 16.2 cm³/mol. The summed E-state index contributed by atoms with van der Waals surface area (Å²) < 4.78 is 34.1. The van der Waals surface area contributed by atoms with Crippen LogP contribution in [0, 0.1) is 0 Å². The van der Waals surface area contributed by atoms with Gasteiger partial charge in [0.25, 0.3) is 0 Å². The van der Waals surface area contributed by atoms with Crippen LogP contribution in [0.1, 0.15) is 0 Å². The number of hydrogen-bond donors (Lipinski definition) is 0. The third-order valence-corrected chi connectivity index (χ3v) is 0. The van der Waals surface area contributed by atoms with Crippen molar-refractivity contribution < 1.29 is 85.9 Å². The van der Waals surface area contributed by atoms with Gasteiger partial charge in [-0.15, -0.1) is 0 Å². The summed E-state index contributed by atoms with van der Waals surface area (Å²) in [5, 5.41) is 0. The molecule has 0 fully saturated rings. The Balaban J connectivity index is -0.0000000133. The average molecular weight is 250 g/mol. The van der Waals surface area contributed by atoms with Gasteiger partial charge in [-0.1, -0.05) is 0 Å². The summed E-state index contributed by atoms with van der Waals surface area (Å²) in [4.78, 5) is 0. The molecular formula is AlFeNaO4STi+5. The van der Waals surface area contributed by atoms with E-state index >= 15 is 0 Å². The van der Waals surface area contributed by atoms with Crippen molar-refractivity contribution >= 4 is 27.8 Å². The molecule has 9 heavy (non-hydrogen) atoms. The first kappa shape index (κ1) is 29.9. The van der Waals surface area contributed by atoms with Crippen LogP contribution in [0.2, 0.25) is 0 Å². The first-order valence-electron chi connectivity index (χ1n) is 0.667. The van der Waals surface area contributed by atoms with Crippen molar-refractivity contribution in [3.8, 4) is 0 Å². The molecule has 0 unspecified atom stereocenters. The van der Waals surface area contributed by atoms with Gasteiger partial charge in [0.05, 0.1) is 0 Å². The monoisotopic (exact) mass is 250 g/mol. The predicted octanol–water partition coefficient (Wildman–Crippen LogP) is -4.72. The van der Waals surface area contributed by atoms with Crippen molar-refractivity contribution in [2.24, 2.45) is 0 Å². The third kappa shape index (κ3) is 114. The van der Waals surface area contributed by atoms with Crippen molar-refractivity contribution in [1.29, 1.82) is 0 Å². The molecule has 9 heteroatoms. The fraction of sp³-hybridized carbons (Fsp3) is 0. The van der Waals surface area contributed by atoms with E-state index in [1.54, 1.807) is 0 Å². The smallest absolute Gasteiger partial charge is 0.759 e. The van der Waals surface area contributed by atoms with E-state index in [1.807, 2.05) is 0 Å². The normalized spacial score (nSPS) is 6.44. The van der Waals surface area contributed by atoms with E-state index in [0.717, 1.165) is 0 Å². The van der Waals surface area contributed by atoms with Gasteiger partial charge in [-0.3, -0.25) is 8.42 Å². The molecule has 0 heterocycles. The molecule has 0 aromatic carbocycles. The molecule has 0 saturated carbocycles. The quantitative estimate of drug-likeness (QED) is 0.245. The minimum absolute atomic E-state index is 0. The van der Waals surface area contributed by atoms with Crippen molar-refractivity contribution in [2.45, 2.75) is 0 Å². The van der Waals surface area contributed by atoms with Crippen LogP contribution in [0.15, 0.2) is 0 Å². The SMILES string of the molecule is O=S(=O)([O-])[O-].[Al+3].[Fe].[Na+].[Ti+3]. The van der Waals surface area contributed by atoms with E-state index in [9.17, 15) is 0 Å². The standard InChI is InChI=1S/Al.Fe.Na.H2O4S.Ti/c;;;1-5(2,3)4;/h;;;(H2,1,2,3,4);/q+3;;+1;;+3/p-2. The summed E-state index contributed by atoms with van der Waals surface area (Å²) >= 11 is 0. The molecule has 0 aromatic rings. The van der Waals surface area contributed by atoms with Crippen LogP contribution in [0.25, 0.3) is 0 Å². The zero-order valence-corrected chi connectivity index (χ0v) is 11.1. The molecule has 1 radical (unpaired) electrons. The molecule has 0 aliphatic carbocycles. The van der Waals surface area contributed by atoms with Crippen LogP contribution >= 0.6 is 0 Å². The van der Waals surface area contributed by atoms with E-state index < -0.39 is 10.4 Å². The van der Waals surface area contributed by atoms with Gasteiger partial charge >= 0.3 is 68.6 Å². The van der Waals surface area contributed by atoms with E-state index in [-0.39, 0.29) is 85.7 Å². The fourth-order valence-corrected chi connectivity index (χ4v) is 0. The molecule has 41 valence electrons. The van der Waals surface area contributed by atoms with Gasteiger partial charge in [0.15, 0.2) is 0 Å². The Kier molecular flexibility index (Phi) is 44.0. The van der Waals surface area contributed by atoms with Crippen LogP contribution < -0.4 is 29.6 Å². The van der Waals surface area contributed by atoms with Gasteiger partial charge in [-0.25, -0.2) is 0 Å². The molecule has 0 aliphatic rings. The van der Waals surface area contributed by atoms with E-state index in [4.69, 9.17) is 17.5 Å². The van der Waals surface area contributed by atoms with Gasteiger partial charge in [-0.05, 0) is 0 Å². The van der Waals surface area contributed by atoms with E-state index in [2.05, 4.69) is 0 Å². The molecular weight excluding hydrogens is 250 g/mol. The van der Waals surface area contributed by atoms with Crippen LogP contribution in [-0.2, 0) is 49.2 Å². The topological polar surface area (TPSA) is 80.3 Å². The molecule has 0 aromatic heterocycles. The maximum absolute atomic E-state index is 8.52. The molecule has 0 N–H and O–H groups in total. The molecule has 0 spiro atoms. The fourth-order valence-electron chi connectivity index (χ4n) is 0. The Bertz CT molecular complexity index is 104. The number of hydrogen-bond acceptors (Lipinski definition) is 4. The van der Waals surface area contributed by atoms with Gasteiger partial charge < -0.3 is 9.11 Å². The second kappa shape index (κ2) is 13.2. The molecule has 4 nitrogen and oxygen atoms in total. The van der Waals surface area contributed by atoms with Gasteiger partial charge in [0.1, 0.15) is 0 Å². The first-order chi connectivity index (χ1) is 2.00. The summed E-state index contributed by atoms with van der Waals surface area (Å²) in [5.74, 6) is 0. The molecule has 0 rings (SSSR count). The Morgan fingerprint density at radius 2 is 1.11 bits per heavy atom. The second-order valence-corrected chi connectivity index (χ2v) is 1.22. The van der Waals surface area contributed by atoms with Crippen molar-refractivity contribution in [2.75, 3.05) is 0 Å².